The lowest BCUT2D eigenvalue weighted by Gasteiger charge is -2.09. The van der Waals surface area contributed by atoms with E-state index in [-0.39, 0.29) is 11.6 Å². The number of nitrogens with zero attached hydrogens (tertiary/aromatic N) is 1. The second-order valence-corrected chi connectivity index (χ2v) is 6.16. The fraction of sp³-hybridized carbons (Fsp3) is 0.353. The van der Waals surface area contributed by atoms with Crippen molar-refractivity contribution in [1.29, 1.82) is 0 Å². The number of amides is 1. The van der Waals surface area contributed by atoms with Gasteiger partial charge in [-0.05, 0) is 24.1 Å². The van der Waals surface area contributed by atoms with Crippen LogP contribution in [0, 0.1) is 0 Å². The largest absolute Gasteiger partial charge is 0.493 e. The van der Waals surface area contributed by atoms with Gasteiger partial charge in [-0.25, -0.2) is 9.78 Å². The second kappa shape index (κ2) is 9.03. The lowest BCUT2D eigenvalue weighted by atomic mass is 10.1. The summed E-state index contributed by atoms with van der Waals surface area (Å²) in [6.07, 6.45) is 1.46. The normalized spacial score (nSPS) is 10.3. The monoisotopic (exact) mass is 364 g/mol. The number of aromatic nitrogens is 1. The molecule has 1 heterocycles. The Hall–Kier alpha value is -2.61. The highest BCUT2D eigenvalue weighted by Gasteiger charge is 2.09. The number of carbonyl (C=O) groups excluding carboxylic acids is 1. The van der Waals surface area contributed by atoms with Crippen LogP contribution in [0.4, 0.5) is 0 Å². The molecule has 0 unspecified atom stereocenters. The van der Waals surface area contributed by atoms with E-state index in [2.05, 4.69) is 10.3 Å². The Balaban J connectivity index is 1.76. The van der Waals surface area contributed by atoms with Crippen molar-refractivity contribution < 1.29 is 24.2 Å². The minimum atomic E-state index is -1.04. The van der Waals surface area contributed by atoms with Crippen molar-refractivity contribution >= 4 is 23.2 Å². The predicted octanol–water partition coefficient (Wildman–Crippen LogP) is 2.15. The Labute approximate surface area is 149 Å². The molecule has 0 aliphatic rings. The minimum absolute atomic E-state index is 0.0415. The Morgan fingerprint density at radius 1 is 1.20 bits per heavy atom. The van der Waals surface area contributed by atoms with Crippen LogP contribution in [0.15, 0.2) is 23.6 Å². The first-order valence-electron chi connectivity index (χ1n) is 7.68. The van der Waals surface area contributed by atoms with E-state index in [1.54, 1.807) is 14.2 Å². The van der Waals surface area contributed by atoms with Crippen molar-refractivity contribution in [2.45, 2.75) is 19.3 Å². The van der Waals surface area contributed by atoms with Crippen molar-refractivity contribution in [3.05, 3.63) is 39.8 Å². The number of hydrogen-bond acceptors (Lipinski definition) is 6. The number of rotatable bonds is 9. The number of aromatic carboxylic acids is 1. The van der Waals surface area contributed by atoms with Gasteiger partial charge in [-0.3, -0.25) is 4.79 Å². The van der Waals surface area contributed by atoms with Gasteiger partial charge in [0.2, 0.25) is 5.91 Å². The summed E-state index contributed by atoms with van der Waals surface area (Å²) in [5.41, 5.74) is 1.03. The maximum Gasteiger partial charge on any atom is 0.355 e. The number of carbonyl (C=O) groups is 2. The van der Waals surface area contributed by atoms with Crippen molar-refractivity contribution in [1.82, 2.24) is 10.3 Å². The molecular formula is C17H20N2O5S. The highest BCUT2D eigenvalue weighted by molar-refractivity contribution is 7.09. The molecule has 0 saturated carbocycles. The van der Waals surface area contributed by atoms with Crippen LogP contribution in [0.25, 0.3) is 0 Å². The molecule has 2 N–H and O–H groups in total. The number of aryl methyl sites for hydroxylation is 1. The Kier molecular flexibility index (Phi) is 6.76. The van der Waals surface area contributed by atoms with Crippen LogP contribution in [-0.2, 0) is 17.6 Å². The van der Waals surface area contributed by atoms with Gasteiger partial charge >= 0.3 is 5.97 Å². The van der Waals surface area contributed by atoms with E-state index in [9.17, 15) is 9.59 Å². The number of hydrogen-bond donors (Lipinski definition) is 2. The molecule has 0 aliphatic carbocycles. The molecule has 0 saturated heterocycles. The third-order valence-electron chi connectivity index (χ3n) is 3.52. The van der Waals surface area contributed by atoms with E-state index >= 15 is 0 Å². The van der Waals surface area contributed by atoms with Gasteiger partial charge in [-0.15, -0.1) is 11.3 Å². The van der Waals surface area contributed by atoms with Crippen LogP contribution >= 0.6 is 11.3 Å². The number of thiazole rings is 1. The van der Waals surface area contributed by atoms with Crippen molar-refractivity contribution in [3.8, 4) is 11.5 Å². The molecule has 0 radical (unpaired) electrons. The molecule has 134 valence electrons. The number of carboxylic acids is 1. The van der Waals surface area contributed by atoms with Gasteiger partial charge in [0, 0.05) is 24.8 Å². The molecule has 2 aromatic rings. The van der Waals surface area contributed by atoms with Gasteiger partial charge < -0.3 is 19.9 Å². The molecule has 0 bridgehead atoms. The van der Waals surface area contributed by atoms with Gasteiger partial charge in [0.1, 0.15) is 0 Å². The van der Waals surface area contributed by atoms with Gasteiger partial charge in [-0.1, -0.05) is 6.07 Å². The van der Waals surface area contributed by atoms with Gasteiger partial charge in [0.25, 0.3) is 0 Å². The summed E-state index contributed by atoms with van der Waals surface area (Å²) >= 11 is 1.28. The fourth-order valence-electron chi connectivity index (χ4n) is 2.22. The van der Waals surface area contributed by atoms with E-state index in [1.807, 2.05) is 18.2 Å². The van der Waals surface area contributed by atoms with Crippen molar-refractivity contribution in [3.63, 3.8) is 0 Å². The van der Waals surface area contributed by atoms with Gasteiger partial charge in [-0.2, -0.15) is 0 Å². The molecular weight excluding hydrogens is 344 g/mol. The first-order valence-corrected chi connectivity index (χ1v) is 8.56. The van der Waals surface area contributed by atoms with Crippen LogP contribution in [0.5, 0.6) is 11.5 Å². The average molecular weight is 364 g/mol. The minimum Gasteiger partial charge on any atom is -0.493 e. The highest BCUT2D eigenvalue weighted by atomic mass is 32.1. The quantitative estimate of drug-likeness (QED) is 0.707. The third kappa shape index (κ3) is 5.46. The molecule has 8 heteroatoms. The predicted molar refractivity (Wildman–Crippen MR) is 93.7 cm³/mol. The molecule has 7 nitrogen and oxygen atoms in total. The number of methoxy groups -OCH3 is 2. The Morgan fingerprint density at radius 2 is 1.96 bits per heavy atom. The van der Waals surface area contributed by atoms with Gasteiger partial charge in [0.15, 0.2) is 17.2 Å². The fourth-order valence-corrected chi connectivity index (χ4v) is 2.99. The van der Waals surface area contributed by atoms with Crippen LogP contribution in [0.3, 0.4) is 0 Å². The summed E-state index contributed by atoms with van der Waals surface area (Å²) in [5.74, 6) is 0.185. The number of nitrogens with one attached hydrogen (secondary N) is 1. The smallest absolute Gasteiger partial charge is 0.355 e. The van der Waals surface area contributed by atoms with E-state index < -0.39 is 5.97 Å². The van der Waals surface area contributed by atoms with E-state index in [1.165, 1.54) is 16.7 Å². The topological polar surface area (TPSA) is 97.8 Å². The zero-order valence-corrected chi connectivity index (χ0v) is 14.9. The molecule has 1 aromatic carbocycles. The maximum atomic E-state index is 11.9. The number of ether oxygens (including phenoxy) is 2. The van der Waals surface area contributed by atoms with Crippen molar-refractivity contribution in [2.75, 3.05) is 20.8 Å². The maximum absolute atomic E-state index is 11.9. The molecule has 0 fully saturated rings. The third-order valence-corrected chi connectivity index (χ3v) is 4.43. The Bertz CT molecular complexity index is 744. The molecule has 0 spiro atoms. The lowest BCUT2D eigenvalue weighted by Crippen LogP contribution is -2.25. The van der Waals surface area contributed by atoms with Crippen LogP contribution in [0.2, 0.25) is 0 Å². The average Bonchev–Trinajstić information content (AvgIpc) is 3.09. The summed E-state index contributed by atoms with van der Waals surface area (Å²) < 4.78 is 10.4. The first kappa shape index (κ1) is 18.7. The van der Waals surface area contributed by atoms with Gasteiger partial charge in [0.05, 0.1) is 19.2 Å². The Morgan fingerprint density at radius 3 is 2.60 bits per heavy atom. The van der Waals surface area contributed by atoms with Crippen LogP contribution in [-0.4, -0.2) is 42.7 Å². The van der Waals surface area contributed by atoms with Crippen LogP contribution < -0.4 is 14.8 Å². The molecule has 2 rings (SSSR count). The summed E-state index contributed by atoms with van der Waals surface area (Å²) in [5, 5.41) is 13.8. The standard InChI is InChI=1S/C17H20N2O5S/c1-23-13-5-3-11(9-14(13)24-2)4-6-15(20)18-8-7-16-19-12(10-25-16)17(21)22/h3,5,9-10H,4,6-8H2,1-2H3,(H,18,20)(H,21,22). The first-order chi connectivity index (χ1) is 12.0. The number of carboxylic acid groups (broad SMARTS) is 1. The molecule has 1 amide bonds. The summed E-state index contributed by atoms with van der Waals surface area (Å²) in [7, 11) is 3.15. The zero-order chi connectivity index (χ0) is 18.2. The van der Waals surface area contributed by atoms with Crippen LogP contribution in [0.1, 0.15) is 27.5 Å². The summed E-state index contributed by atoms with van der Waals surface area (Å²) in [6, 6.07) is 5.57. The molecule has 1 aromatic heterocycles. The zero-order valence-electron chi connectivity index (χ0n) is 14.1. The SMILES string of the molecule is COc1ccc(CCC(=O)NCCc2nc(C(=O)O)cs2)cc1OC. The molecule has 0 atom stereocenters. The van der Waals surface area contributed by atoms with E-state index in [0.29, 0.717) is 42.3 Å². The van der Waals surface area contributed by atoms with E-state index in [4.69, 9.17) is 14.6 Å². The van der Waals surface area contributed by atoms with Crippen molar-refractivity contribution in [2.24, 2.45) is 0 Å². The molecule has 0 aliphatic heterocycles. The second-order valence-electron chi connectivity index (χ2n) is 5.22. The lowest BCUT2D eigenvalue weighted by molar-refractivity contribution is -0.121. The van der Waals surface area contributed by atoms with E-state index in [0.717, 1.165) is 5.56 Å². The summed E-state index contributed by atoms with van der Waals surface area (Å²) in [4.78, 5) is 26.7. The number of benzene rings is 1. The highest BCUT2D eigenvalue weighted by Crippen LogP contribution is 2.27. The summed E-state index contributed by atoms with van der Waals surface area (Å²) in [6.45, 7) is 0.428. The molecule has 25 heavy (non-hydrogen) atoms.